The van der Waals surface area contributed by atoms with Crippen LogP contribution in [0, 0.1) is 0 Å². The van der Waals surface area contributed by atoms with E-state index in [0.717, 1.165) is 56.3 Å². The molecule has 0 bridgehead atoms. The van der Waals surface area contributed by atoms with Crippen LogP contribution in [0.1, 0.15) is 31.4 Å². The first-order chi connectivity index (χ1) is 9.36. The summed E-state index contributed by atoms with van der Waals surface area (Å²) in [5, 5.41) is 3.51. The van der Waals surface area contributed by atoms with Gasteiger partial charge in [0, 0.05) is 19.0 Å². The van der Waals surface area contributed by atoms with E-state index in [1.807, 2.05) is 6.07 Å². The molecule has 19 heavy (non-hydrogen) atoms. The Kier molecular flexibility index (Phi) is 3.89. The van der Waals surface area contributed by atoms with E-state index in [2.05, 4.69) is 24.4 Å². The molecule has 0 radical (unpaired) electrons. The molecule has 2 aliphatic heterocycles. The highest BCUT2D eigenvalue weighted by molar-refractivity contribution is 5.44. The third-order valence-corrected chi connectivity index (χ3v) is 3.73. The van der Waals surface area contributed by atoms with E-state index in [0.29, 0.717) is 6.04 Å². The summed E-state index contributed by atoms with van der Waals surface area (Å²) in [7, 11) is 0. The lowest BCUT2D eigenvalue weighted by atomic mass is 10.1. The van der Waals surface area contributed by atoms with E-state index in [9.17, 15) is 0 Å². The lowest BCUT2D eigenvalue weighted by Crippen LogP contribution is -2.42. The van der Waals surface area contributed by atoms with Crippen LogP contribution in [0.2, 0.25) is 0 Å². The molecule has 0 saturated carbocycles. The molecule has 0 aliphatic carbocycles. The number of benzene rings is 1. The Labute approximate surface area is 114 Å². The maximum Gasteiger partial charge on any atom is 0.161 e. The summed E-state index contributed by atoms with van der Waals surface area (Å²) in [6.07, 6.45) is 2.15. The molecule has 2 aliphatic rings. The number of hydrogen-bond acceptors (Lipinski definition) is 4. The van der Waals surface area contributed by atoms with Crippen LogP contribution in [0.5, 0.6) is 11.5 Å². The van der Waals surface area contributed by atoms with Crippen molar-refractivity contribution in [2.75, 3.05) is 26.4 Å². The minimum Gasteiger partial charge on any atom is -0.490 e. The van der Waals surface area contributed by atoms with E-state index < -0.39 is 0 Å². The Morgan fingerprint density at radius 2 is 2.05 bits per heavy atom. The van der Waals surface area contributed by atoms with Gasteiger partial charge in [0.2, 0.25) is 0 Å². The van der Waals surface area contributed by atoms with Crippen LogP contribution in [0.15, 0.2) is 18.2 Å². The van der Waals surface area contributed by atoms with Gasteiger partial charge in [-0.25, -0.2) is 0 Å². The average Bonchev–Trinajstić information content (AvgIpc) is 2.72. The zero-order valence-electron chi connectivity index (χ0n) is 11.4. The standard InChI is InChI=1S/C15H21NO3/c1-2-12-10-19-15(9-16-12)11-4-5-13-14(8-11)18-7-3-6-17-13/h4-5,8,12,15-16H,2-3,6-7,9-10H2,1H3. The van der Waals surface area contributed by atoms with Gasteiger partial charge in [-0.15, -0.1) is 0 Å². The van der Waals surface area contributed by atoms with Gasteiger partial charge in [-0.2, -0.15) is 0 Å². The van der Waals surface area contributed by atoms with E-state index >= 15 is 0 Å². The molecule has 104 valence electrons. The number of hydrogen-bond donors (Lipinski definition) is 1. The molecule has 1 saturated heterocycles. The second-order valence-corrected chi connectivity index (χ2v) is 5.09. The van der Waals surface area contributed by atoms with Crippen molar-refractivity contribution in [3.05, 3.63) is 23.8 Å². The Morgan fingerprint density at radius 1 is 1.21 bits per heavy atom. The second-order valence-electron chi connectivity index (χ2n) is 5.09. The molecule has 2 unspecified atom stereocenters. The van der Waals surface area contributed by atoms with Crippen molar-refractivity contribution < 1.29 is 14.2 Å². The van der Waals surface area contributed by atoms with Crippen molar-refractivity contribution in [1.29, 1.82) is 0 Å². The fourth-order valence-corrected chi connectivity index (χ4v) is 2.48. The first-order valence-electron chi connectivity index (χ1n) is 7.11. The molecule has 1 aromatic rings. The van der Waals surface area contributed by atoms with Crippen molar-refractivity contribution in [3.8, 4) is 11.5 Å². The van der Waals surface area contributed by atoms with Crippen LogP contribution in [-0.2, 0) is 4.74 Å². The zero-order chi connectivity index (χ0) is 13.1. The average molecular weight is 263 g/mol. The van der Waals surface area contributed by atoms with Crippen molar-refractivity contribution in [1.82, 2.24) is 5.32 Å². The highest BCUT2D eigenvalue weighted by Crippen LogP contribution is 2.33. The molecule has 2 heterocycles. The van der Waals surface area contributed by atoms with Crippen LogP contribution in [-0.4, -0.2) is 32.4 Å². The summed E-state index contributed by atoms with van der Waals surface area (Å²) < 4.78 is 17.3. The van der Waals surface area contributed by atoms with Crippen molar-refractivity contribution >= 4 is 0 Å². The van der Waals surface area contributed by atoms with Gasteiger partial charge < -0.3 is 19.5 Å². The van der Waals surface area contributed by atoms with Crippen LogP contribution in [0.3, 0.4) is 0 Å². The van der Waals surface area contributed by atoms with Crippen LogP contribution in [0.25, 0.3) is 0 Å². The van der Waals surface area contributed by atoms with E-state index in [-0.39, 0.29) is 6.10 Å². The summed E-state index contributed by atoms with van der Waals surface area (Å²) >= 11 is 0. The van der Waals surface area contributed by atoms with Gasteiger partial charge in [0.15, 0.2) is 11.5 Å². The van der Waals surface area contributed by atoms with Crippen molar-refractivity contribution in [2.24, 2.45) is 0 Å². The molecule has 2 atom stereocenters. The van der Waals surface area contributed by atoms with Gasteiger partial charge in [0.05, 0.1) is 25.9 Å². The largest absolute Gasteiger partial charge is 0.490 e. The quantitative estimate of drug-likeness (QED) is 0.888. The van der Waals surface area contributed by atoms with Gasteiger partial charge >= 0.3 is 0 Å². The SMILES string of the molecule is CCC1COC(c2ccc3c(c2)OCCCO3)CN1. The van der Waals surface area contributed by atoms with Crippen LogP contribution in [0.4, 0.5) is 0 Å². The number of rotatable bonds is 2. The highest BCUT2D eigenvalue weighted by atomic mass is 16.5. The van der Waals surface area contributed by atoms with Gasteiger partial charge in [0.1, 0.15) is 0 Å². The Hall–Kier alpha value is -1.26. The van der Waals surface area contributed by atoms with Crippen molar-refractivity contribution in [2.45, 2.75) is 31.9 Å². The minimum absolute atomic E-state index is 0.111. The molecule has 1 aromatic carbocycles. The predicted molar refractivity (Wildman–Crippen MR) is 72.8 cm³/mol. The smallest absolute Gasteiger partial charge is 0.161 e. The maximum atomic E-state index is 5.93. The summed E-state index contributed by atoms with van der Waals surface area (Å²) in [5.74, 6) is 1.69. The zero-order valence-corrected chi connectivity index (χ0v) is 11.4. The molecular weight excluding hydrogens is 242 g/mol. The predicted octanol–water partition coefficient (Wildman–Crippen LogP) is 2.29. The molecular formula is C15H21NO3. The summed E-state index contributed by atoms with van der Waals surface area (Å²) in [4.78, 5) is 0. The van der Waals surface area contributed by atoms with Gasteiger partial charge in [0.25, 0.3) is 0 Å². The monoisotopic (exact) mass is 263 g/mol. The second kappa shape index (κ2) is 5.80. The van der Waals surface area contributed by atoms with Crippen LogP contribution >= 0.6 is 0 Å². The van der Waals surface area contributed by atoms with Crippen LogP contribution < -0.4 is 14.8 Å². The molecule has 4 nitrogen and oxygen atoms in total. The Morgan fingerprint density at radius 3 is 2.79 bits per heavy atom. The summed E-state index contributed by atoms with van der Waals surface area (Å²) in [5.41, 5.74) is 1.16. The van der Waals surface area contributed by atoms with Gasteiger partial charge in [-0.3, -0.25) is 0 Å². The fraction of sp³-hybridized carbons (Fsp3) is 0.600. The molecule has 4 heteroatoms. The minimum atomic E-state index is 0.111. The van der Waals surface area contributed by atoms with E-state index in [4.69, 9.17) is 14.2 Å². The molecule has 1 fully saturated rings. The Bertz CT molecular complexity index is 427. The highest BCUT2D eigenvalue weighted by Gasteiger charge is 2.22. The van der Waals surface area contributed by atoms with Gasteiger partial charge in [-0.1, -0.05) is 13.0 Å². The van der Waals surface area contributed by atoms with E-state index in [1.165, 1.54) is 0 Å². The molecule has 0 amide bonds. The maximum absolute atomic E-state index is 5.93. The number of nitrogens with one attached hydrogen (secondary N) is 1. The van der Waals surface area contributed by atoms with Gasteiger partial charge in [-0.05, 0) is 24.1 Å². The lowest BCUT2D eigenvalue weighted by molar-refractivity contribution is 0.00210. The molecule has 3 rings (SSSR count). The number of fused-ring (bicyclic) bond motifs is 1. The third kappa shape index (κ3) is 2.85. The molecule has 1 N–H and O–H groups in total. The topological polar surface area (TPSA) is 39.7 Å². The lowest BCUT2D eigenvalue weighted by Gasteiger charge is -2.30. The van der Waals surface area contributed by atoms with E-state index in [1.54, 1.807) is 0 Å². The fourth-order valence-electron chi connectivity index (χ4n) is 2.48. The number of ether oxygens (including phenoxy) is 3. The third-order valence-electron chi connectivity index (χ3n) is 3.73. The normalized spacial score (nSPS) is 26.8. The molecule has 0 spiro atoms. The molecule has 0 aromatic heterocycles. The van der Waals surface area contributed by atoms with Crippen molar-refractivity contribution in [3.63, 3.8) is 0 Å². The Balaban J connectivity index is 1.73. The summed E-state index contributed by atoms with van der Waals surface area (Å²) in [6.45, 7) is 5.26. The number of morpholine rings is 1. The summed E-state index contributed by atoms with van der Waals surface area (Å²) in [6, 6.07) is 6.60. The first-order valence-corrected chi connectivity index (χ1v) is 7.11. The first kappa shape index (κ1) is 12.8.